The number of hydrogen-bond donors (Lipinski definition) is 1. The van der Waals surface area contributed by atoms with E-state index >= 15 is 0 Å². The molecule has 1 amide bonds. The van der Waals surface area contributed by atoms with Gasteiger partial charge in [-0.3, -0.25) is 4.79 Å². The van der Waals surface area contributed by atoms with Gasteiger partial charge in [0.05, 0.1) is 11.5 Å². The number of carbonyl (C=O) groups excluding carboxylic acids is 1. The maximum atomic E-state index is 12.0. The van der Waals surface area contributed by atoms with Gasteiger partial charge < -0.3 is 10.2 Å². The largest absolute Gasteiger partial charge is 0.341 e. The lowest BCUT2D eigenvalue weighted by atomic mass is 10.2. The molecule has 0 aromatic rings. The van der Waals surface area contributed by atoms with Crippen LogP contribution in [0.1, 0.15) is 6.42 Å². The molecule has 0 bridgehead atoms. The highest BCUT2D eigenvalue weighted by Gasteiger charge is 2.28. The maximum absolute atomic E-state index is 12.0. The van der Waals surface area contributed by atoms with Gasteiger partial charge in [0.15, 0.2) is 9.84 Å². The highest BCUT2D eigenvalue weighted by Crippen LogP contribution is 2.12. The summed E-state index contributed by atoms with van der Waals surface area (Å²) in [6, 6.07) is -0.198. The van der Waals surface area contributed by atoms with Gasteiger partial charge in [0.2, 0.25) is 5.91 Å². The summed E-state index contributed by atoms with van der Waals surface area (Å²) in [4.78, 5) is 13.8. The second-order valence-electron chi connectivity index (χ2n) is 4.46. The van der Waals surface area contributed by atoms with Crippen molar-refractivity contribution in [2.24, 2.45) is 0 Å². The third kappa shape index (κ3) is 3.86. The van der Waals surface area contributed by atoms with Gasteiger partial charge in [-0.25, -0.2) is 8.42 Å². The van der Waals surface area contributed by atoms with Crippen molar-refractivity contribution in [1.29, 1.82) is 0 Å². The van der Waals surface area contributed by atoms with E-state index in [2.05, 4.69) is 5.32 Å². The van der Waals surface area contributed by atoms with E-state index in [1.807, 2.05) is 16.7 Å². The highest BCUT2D eigenvalue weighted by atomic mass is 32.2. The fourth-order valence-corrected chi connectivity index (χ4v) is 4.50. The third-order valence-corrected chi connectivity index (χ3v) is 5.76. The molecule has 2 aliphatic heterocycles. The van der Waals surface area contributed by atoms with Crippen molar-refractivity contribution in [2.75, 3.05) is 42.6 Å². The molecule has 0 spiro atoms. The Bertz CT molecular complexity index is 377. The number of sulfone groups is 1. The van der Waals surface area contributed by atoms with Crippen LogP contribution in [-0.4, -0.2) is 67.9 Å². The number of hydrogen-bond acceptors (Lipinski definition) is 5. The van der Waals surface area contributed by atoms with Crippen molar-refractivity contribution in [3.05, 3.63) is 0 Å². The molecule has 0 radical (unpaired) electrons. The fraction of sp³-hybridized carbons (Fsp3) is 0.900. The second-order valence-corrected chi connectivity index (χ2v) is 7.92. The van der Waals surface area contributed by atoms with Crippen LogP contribution in [0, 0.1) is 0 Å². The van der Waals surface area contributed by atoms with Crippen LogP contribution in [0.15, 0.2) is 0 Å². The van der Waals surface area contributed by atoms with Gasteiger partial charge in [0.1, 0.15) is 0 Å². The zero-order valence-electron chi connectivity index (χ0n) is 9.72. The van der Waals surface area contributed by atoms with E-state index < -0.39 is 9.84 Å². The first kappa shape index (κ1) is 13.2. The monoisotopic (exact) mass is 278 g/mol. The zero-order chi connectivity index (χ0) is 12.3. The molecule has 0 saturated carbocycles. The van der Waals surface area contributed by atoms with Crippen LogP contribution in [0.5, 0.6) is 0 Å². The van der Waals surface area contributed by atoms with E-state index in [1.165, 1.54) is 0 Å². The van der Waals surface area contributed by atoms with Crippen LogP contribution in [0.2, 0.25) is 0 Å². The summed E-state index contributed by atoms with van der Waals surface area (Å²) in [7, 11) is -2.95. The summed E-state index contributed by atoms with van der Waals surface area (Å²) < 4.78 is 22.9. The van der Waals surface area contributed by atoms with Gasteiger partial charge in [-0.2, -0.15) is 11.8 Å². The van der Waals surface area contributed by atoms with Crippen molar-refractivity contribution in [3.63, 3.8) is 0 Å². The molecule has 2 fully saturated rings. The third-order valence-electron chi connectivity index (χ3n) is 3.09. The molecule has 1 unspecified atom stereocenters. The molecular weight excluding hydrogens is 260 g/mol. The van der Waals surface area contributed by atoms with Gasteiger partial charge in [0.25, 0.3) is 0 Å². The Morgan fingerprint density at radius 3 is 2.71 bits per heavy atom. The molecule has 7 heteroatoms. The Balaban J connectivity index is 1.85. The minimum atomic E-state index is -2.95. The van der Waals surface area contributed by atoms with E-state index in [4.69, 9.17) is 0 Å². The molecule has 17 heavy (non-hydrogen) atoms. The molecule has 1 atom stereocenters. The van der Waals surface area contributed by atoms with Crippen LogP contribution in [-0.2, 0) is 14.6 Å². The maximum Gasteiger partial charge on any atom is 0.224 e. The molecule has 2 saturated heterocycles. The van der Waals surface area contributed by atoms with Crippen molar-refractivity contribution in [2.45, 2.75) is 12.5 Å². The predicted molar refractivity (Wildman–Crippen MR) is 69.0 cm³/mol. The minimum Gasteiger partial charge on any atom is -0.341 e. The lowest BCUT2D eigenvalue weighted by molar-refractivity contribution is -0.131. The SMILES string of the molecule is O=C(CC1CS(=O)(=O)CCN1)N1CCSCC1. The fourth-order valence-electron chi connectivity index (χ4n) is 2.15. The quantitative estimate of drug-likeness (QED) is 0.726. The molecule has 0 aliphatic carbocycles. The van der Waals surface area contributed by atoms with Crippen LogP contribution >= 0.6 is 11.8 Å². The Labute approximate surface area is 106 Å². The molecule has 2 heterocycles. The van der Waals surface area contributed by atoms with Crippen molar-refractivity contribution in [1.82, 2.24) is 10.2 Å². The first-order valence-electron chi connectivity index (χ1n) is 5.86. The van der Waals surface area contributed by atoms with Gasteiger partial charge >= 0.3 is 0 Å². The molecule has 5 nitrogen and oxygen atoms in total. The zero-order valence-corrected chi connectivity index (χ0v) is 11.4. The lowest BCUT2D eigenvalue weighted by Gasteiger charge is -2.29. The van der Waals surface area contributed by atoms with E-state index in [0.29, 0.717) is 13.0 Å². The Morgan fingerprint density at radius 1 is 1.35 bits per heavy atom. The normalized spacial score (nSPS) is 28.9. The Kier molecular flexibility index (Phi) is 4.32. The first-order chi connectivity index (χ1) is 8.07. The summed E-state index contributed by atoms with van der Waals surface area (Å²) in [6.45, 7) is 2.06. The Morgan fingerprint density at radius 2 is 2.06 bits per heavy atom. The molecule has 1 N–H and O–H groups in total. The van der Waals surface area contributed by atoms with E-state index in [0.717, 1.165) is 24.6 Å². The first-order valence-corrected chi connectivity index (χ1v) is 8.84. The van der Waals surface area contributed by atoms with Crippen molar-refractivity contribution in [3.8, 4) is 0 Å². The molecular formula is C10H18N2O3S2. The van der Waals surface area contributed by atoms with Crippen molar-refractivity contribution < 1.29 is 13.2 Å². The predicted octanol–water partition coefficient (Wildman–Crippen LogP) is -0.661. The topological polar surface area (TPSA) is 66.5 Å². The highest BCUT2D eigenvalue weighted by molar-refractivity contribution is 7.99. The summed E-state index contributed by atoms with van der Waals surface area (Å²) >= 11 is 1.86. The smallest absolute Gasteiger partial charge is 0.224 e. The number of rotatable bonds is 2. The van der Waals surface area contributed by atoms with E-state index in [-0.39, 0.29) is 23.5 Å². The van der Waals surface area contributed by atoms with Gasteiger partial charge in [-0.05, 0) is 0 Å². The summed E-state index contributed by atoms with van der Waals surface area (Å²) in [5, 5.41) is 3.11. The van der Waals surface area contributed by atoms with Crippen LogP contribution in [0.4, 0.5) is 0 Å². The molecule has 0 aromatic carbocycles. The van der Waals surface area contributed by atoms with E-state index in [9.17, 15) is 13.2 Å². The Hall–Kier alpha value is -0.270. The van der Waals surface area contributed by atoms with Crippen LogP contribution < -0.4 is 5.32 Å². The number of amides is 1. The summed E-state index contributed by atoms with van der Waals surface area (Å²) in [6.07, 6.45) is 0.309. The average molecular weight is 278 g/mol. The standard InChI is InChI=1S/C10H18N2O3S2/c13-10(12-2-4-16-5-3-12)7-9-8-17(14,15)6-1-11-9/h9,11H,1-8H2. The lowest BCUT2D eigenvalue weighted by Crippen LogP contribution is -2.48. The molecule has 0 aromatic heterocycles. The number of nitrogens with one attached hydrogen (secondary N) is 1. The minimum absolute atomic E-state index is 0.0832. The average Bonchev–Trinajstić information content (AvgIpc) is 2.29. The number of thioether (sulfide) groups is 1. The van der Waals surface area contributed by atoms with Crippen LogP contribution in [0.3, 0.4) is 0 Å². The number of carbonyl (C=O) groups is 1. The molecule has 2 rings (SSSR count). The second kappa shape index (κ2) is 5.58. The van der Waals surface area contributed by atoms with Gasteiger partial charge in [0, 0.05) is 43.6 Å². The molecule has 98 valence electrons. The van der Waals surface area contributed by atoms with E-state index in [1.54, 1.807) is 0 Å². The number of nitrogens with zero attached hydrogens (tertiary/aromatic N) is 1. The summed E-state index contributed by atoms with van der Waals surface area (Å²) in [5.74, 6) is 2.35. The van der Waals surface area contributed by atoms with Gasteiger partial charge in [-0.15, -0.1) is 0 Å². The summed E-state index contributed by atoms with van der Waals surface area (Å²) in [5.41, 5.74) is 0. The van der Waals surface area contributed by atoms with Crippen LogP contribution in [0.25, 0.3) is 0 Å². The van der Waals surface area contributed by atoms with Gasteiger partial charge in [-0.1, -0.05) is 0 Å². The van der Waals surface area contributed by atoms with Crippen molar-refractivity contribution >= 4 is 27.5 Å². The molecule has 2 aliphatic rings.